The molecule has 0 saturated heterocycles. The van der Waals surface area contributed by atoms with Crippen molar-refractivity contribution >= 4 is 0 Å². The fraction of sp³-hybridized carbons (Fsp3) is 0.471. The van der Waals surface area contributed by atoms with Crippen LogP contribution in [0.15, 0.2) is 18.2 Å². The molecule has 0 aliphatic carbocycles. The lowest BCUT2D eigenvalue weighted by Gasteiger charge is -2.11. The summed E-state index contributed by atoms with van der Waals surface area (Å²) in [5, 5.41) is 16.6. The van der Waals surface area contributed by atoms with Gasteiger partial charge in [-0.25, -0.2) is 13.5 Å². The Bertz CT molecular complexity index is 670. The minimum Gasteiger partial charge on any atom is -0.396 e. The first-order valence-corrected chi connectivity index (χ1v) is 7.76. The quantitative estimate of drug-likeness (QED) is 0.824. The van der Waals surface area contributed by atoms with Gasteiger partial charge >= 0.3 is 0 Å². The molecule has 1 aromatic heterocycles. The Hall–Kier alpha value is -1.79. The number of hydrogen-bond donors (Lipinski definition) is 2. The number of nitrogens with zero attached hydrogens (tertiary/aromatic N) is 2. The zero-order valence-electron chi connectivity index (χ0n) is 13.7. The summed E-state index contributed by atoms with van der Waals surface area (Å²) in [6.45, 7) is 7.41. The van der Waals surface area contributed by atoms with E-state index in [1.54, 1.807) is 0 Å². The summed E-state index contributed by atoms with van der Waals surface area (Å²) in [6.07, 6.45) is 0.755. The number of aromatic nitrogens is 2. The summed E-state index contributed by atoms with van der Waals surface area (Å²) in [5.41, 5.74) is 2.89. The Morgan fingerprint density at radius 3 is 2.70 bits per heavy atom. The summed E-state index contributed by atoms with van der Waals surface area (Å²) in [5.74, 6) is -0.857. The highest BCUT2D eigenvalue weighted by Gasteiger charge is 2.15. The second-order valence-corrected chi connectivity index (χ2v) is 5.91. The molecule has 126 valence electrons. The highest BCUT2D eigenvalue weighted by Crippen LogP contribution is 2.20. The van der Waals surface area contributed by atoms with Gasteiger partial charge in [-0.05, 0) is 44.9 Å². The van der Waals surface area contributed by atoms with Crippen molar-refractivity contribution in [3.8, 4) is 5.69 Å². The first-order chi connectivity index (χ1) is 10.9. The average molecular weight is 323 g/mol. The van der Waals surface area contributed by atoms with E-state index >= 15 is 0 Å². The van der Waals surface area contributed by atoms with E-state index in [9.17, 15) is 8.78 Å². The molecule has 1 atom stereocenters. The Morgan fingerprint density at radius 1 is 1.30 bits per heavy atom. The summed E-state index contributed by atoms with van der Waals surface area (Å²) in [4.78, 5) is 0. The molecular weight excluding hydrogens is 300 g/mol. The number of benzene rings is 1. The smallest absolute Gasteiger partial charge is 0.151 e. The molecule has 2 aromatic rings. The topological polar surface area (TPSA) is 50.1 Å². The number of aliphatic hydroxyl groups excluding tert-OH is 1. The van der Waals surface area contributed by atoms with Crippen molar-refractivity contribution < 1.29 is 13.9 Å². The number of nitrogens with one attached hydrogen (secondary N) is 1. The van der Waals surface area contributed by atoms with Gasteiger partial charge in [-0.2, -0.15) is 5.10 Å². The van der Waals surface area contributed by atoms with Crippen molar-refractivity contribution in [3.05, 3.63) is 46.8 Å². The van der Waals surface area contributed by atoms with Gasteiger partial charge in [0.15, 0.2) is 5.82 Å². The number of hydrogen-bond acceptors (Lipinski definition) is 3. The van der Waals surface area contributed by atoms with E-state index < -0.39 is 11.6 Å². The standard InChI is InChI=1S/C17H23F2N3O/c1-11(6-7-23)9-20-10-15-12(2)21-22(13(15)3)17-5-4-14(18)8-16(17)19/h4-5,8,11,20,23H,6-7,9-10H2,1-3H3. The lowest BCUT2D eigenvalue weighted by molar-refractivity contribution is 0.260. The van der Waals surface area contributed by atoms with Crippen LogP contribution in [0.4, 0.5) is 8.78 Å². The molecule has 2 N–H and O–H groups in total. The van der Waals surface area contributed by atoms with Crippen LogP contribution in [0, 0.1) is 31.4 Å². The summed E-state index contributed by atoms with van der Waals surface area (Å²) < 4.78 is 28.5. The zero-order valence-corrected chi connectivity index (χ0v) is 13.7. The maximum Gasteiger partial charge on any atom is 0.151 e. The van der Waals surface area contributed by atoms with Crippen LogP contribution in [0.3, 0.4) is 0 Å². The fourth-order valence-electron chi connectivity index (χ4n) is 2.58. The Labute approximate surface area is 135 Å². The number of halogens is 2. The average Bonchev–Trinajstić information content (AvgIpc) is 2.75. The van der Waals surface area contributed by atoms with E-state index in [-0.39, 0.29) is 12.3 Å². The van der Waals surface area contributed by atoms with Crippen molar-refractivity contribution in [1.29, 1.82) is 0 Å². The molecular formula is C17H23F2N3O. The Morgan fingerprint density at radius 2 is 2.04 bits per heavy atom. The van der Waals surface area contributed by atoms with Crippen LogP contribution in [0.25, 0.3) is 5.69 Å². The molecule has 0 radical (unpaired) electrons. The Kier molecular flexibility index (Phi) is 5.85. The van der Waals surface area contributed by atoms with Crippen LogP contribution < -0.4 is 5.32 Å². The second-order valence-electron chi connectivity index (χ2n) is 5.91. The summed E-state index contributed by atoms with van der Waals surface area (Å²) in [7, 11) is 0. The van der Waals surface area contributed by atoms with Crippen LogP contribution in [-0.2, 0) is 6.54 Å². The van der Waals surface area contributed by atoms with E-state index in [2.05, 4.69) is 17.3 Å². The van der Waals surface area contributed by atoms with Gasteiger partial charge in [0, 0.05) is 30.5 Å². The largest absolute Gasteiger partial charge is 0.396 e. The van der Waals surface area contributed by atoms with Crippen molar-refractivity contribution in [2.45, 2.75) is 33.7 Å². The number of aliphatic hydroxyl groups is 1. The Balaban J connectivity index is 2.16. The van der Waals surface area contributed by atoms with Crippen LogP contribution in [-0.4, -0.2) is 28.0 Å². The first kappa shape index (κ1) is 17.6. The van der Waals surface area contributed by atoms with Crippen molar-refractivity contribution in [1.82, 2.24) is 15.1 Å². The maximum atomic E-state index is 14.0. The molecule has 1 aromatic carbocycles. The van der Waals surface area contributed by atoms with Gasteiger partial charge in [-0.1, -0.05) is 6.92 Å². The van der Waals surface area contributed by atoms with Crippen molar-refractivity contribution in [2.24, 2.45) is 5.92 Å². The fourth-order valence-corrected chi connectivity index (χ4v) is 2.58. The third-order valence-electron chi connectivity index (χ3n) is 4.00. The molecule has 2 rings (SSSR count). The molecule has 4 nitrogen and oxygen atoms in total. The van der Waals surface area contributed by atoms with E-state index in [1.165, 1.54) is 16.8 Å². The highest BCUT2D eigenvalue weighted by atomic mass is 19.1. The van der Waals surface area contributed by atoms with Crippen molar-refractivity contribution in [2.75, 3.05) is 13.2 Å². The van der Waals surface area contributed by atoms with Gasteiger partial charge < -0.3 is 10.4 Å². The van der Waals surface area contributed by atoms with Gasteiger partial charge in [0.2, 0.25) is 0 Å². The van der Waals surface area contributed by atoms with Crippen molar-refractivity contribution in [3.63, 3.8) is 0 Å². The molecule has 0 aliphatic heterocycles. The molecule has 1 heterocycles. The monoisotopic (exact) mass is 323 g/mol. The summed E-state index contributed by atoms with van der Waals surface area (Å²) in [6, 6.07) is 3.48. The van der Waals surface area contributed by atoms with Gasteiger partial charge in [0.25, 0.3) is 0 Å². The molecule has 1 unspecified atom stereocenters. The molecule has 0 spiro atoms. The minimum atomic E-state index is -0.633. The summed E-state index contributed by atoms with van der Waals surface area (Å²) >= 11 is 0. The normalized spacial score (nSPS) is 12.6. The van der Waals surface area contributed by atoms with E-state index in [0.29, 0.717) is 12.5 Å². The van der Waals surface area contributed by atoms with Gasteiger partial charge in [-0.3, -0.25) is 0 Å². The van der Waals surface area contributed by atoms with Gasteiger partial charge in [0.05, 0.1) is 5.69 Å². The van der Waals surface area contributed by atoms with E-state index in [0.717, 1.165) is 36.0 Å². The third-order valence-corrected chi connectivity index (χ3v) is 4.00. The molecule has 23 heavy (non-hydrogen) atoms. The van der Waals surface area contributed by atoms with E-state index in [1.807, 2.05) is 13.8 Å². The molecule has 6 heteroatoms. The molecule has 0 saturated carbocycles. The van der Waals surface area contributed by atoms with E-state index in [4.69, 9.17) is 5.11 Å². The molecule has 0 amide bonds. The van der Waals surface area contributed by atoms with Crippen LogP contribution >= 0.6 is 0 Å². The van der Waals surface area contributed by atoms with Crippen LogP contribution in [0.1, 0.15) is 30.3 Å². The van der Waals surface area contributed by atoms with Crippen LogP contribution in [0.2, 0.25) is 0 Å². The number of aryl methyl sites for hydroxylation is 1. The molecule has 0 bridgehead atoms. The number of rotatable bonds is 7. The molecule has 0 aliphatic rings. The maximum absolute atomic E-state index is 14.0. The molecule has 0 fully saturated rings. The minimum absolute atomic E-state index is 0.183. The third kappa shape index (κ3) is 4.14. The van der Waals surface area contributed by atoms with Gasteiger partial charge in [0.1, 0.15) is 11.5 Å². The van der Waals surface area contributed by atoms with Gasteiger partial charge in [-0.15, -0.1) is 0 Å². The second kappa shape index (κ2) is 7.66. The lowest BCUT2D eigenvalue weighted by Crippen LogP contribution is -2.22. The SMILES string of the molecule is Cc1nn(-c2ccc(F)cc2F)c(C)c1CNCC(C)CCO. The van der Waals surface area contributed by atoms with Crippen LogP contribution in [0.5, 0.6) is 0 Å². The highest BCUT2D eigenvalue weighted by molar-refractivity contribution is 5.38. The predicted octanol–water partition coefficient (Wildman–Crippen LogP) is 2.88. The zero-order chi connectivity index (χ0) is 17.0. The first-order valence-electron chi connectivity index (χ1n) is 7.76. The predicted molar refractivity (Wildman–Crippen MR) is 85.5 cm³/mol. The lowest BCUT2D eigenvalue weighted by atomic mass is 10.1.